The fourth-order valence-corrected chi connectivity index (χ4v) is 3.10. The summed E-state index contributed by atoms with van der Waals surface area (Å²) in [5.41, 5.74) is -1.22. The zero-order chi connectivity index (χ0) is 18.9. The third-order valence-electron chi connectivity index (χ3n) is 4.71. The fraction of sp³-hybridized carbons (Fsp3) is 0.471. The summed E-state index contributed by atoms with van der Waals surface area (Å²) in [6.07, 6.45) is -3.51. The second kappa shape index (κ2) is 6.97. The summed E-state index contributed by atoms with van der Waals surface area (Å²) in [5, 5.41) is 2.30. The van der Waals surface area contributed by atoms with Gasteiger partial charge in [0.1, 0.15) is 0 Å². The van der Waals surface area contributed by atoms with Crippen LogP contribution in [0.2, 0.25) is 0 Å². The van der Waals surface area contributed by atoms with E-state index in [2.05, 4.69) is 5.32 Å². The molecule has 3 rings (SSSR count). The second-order valence-electron chi connectivity index (χ2n) is 6.45. The molecule has 1 aliphatic carbocycles. The van der Waals surface area contributed by atoms with E-state index in [9.17, 15) is 27.6 Å². The van der Waals surface area contributed by atoms with Gasteiger partial charge < -0.3 is 15.1 Å². The number of benzene rings is 1. The first-order valence-electron chi connectivity index (χ1n) is 8.26. The molecule has 1 N–H and O–H groups in total. The van der Waals surface area contributed by atoms with Crippen molar-refractivity contribution >= 4 is 23.9 Å². The van der Waals surface area contributed by atoms with Crippen LogP contribution in [0.3, 0.4) is 0 Å². The van der Waals surface area contributed by atoms with Gasteiger partial charge in [0.2, 0.25) is 18.2 Å². The lowest BCUT2D eigenvalue weighted by molar-refractivity contribution is -0.138. The molecule has 1 saturated heterocycles. The van der Waals surface area contributed by atoms with Crippen LogP contribution in [0.25, 0.3) is 0 Å². The highest BCUT2D eigenvalue weighted by molar-refractivity contribution is 6.00. The molecule has 1 aromatic rings. The third kappa shape index (κ3) is 3.81. The number of para-hydroxylation sites is 1. The van der Waals surface area contributed by atoms with Gasteiger partial charge in [0.25, 0.3) is 0 Å². The van der Waals surface area contributed by atoms with E-state index >= 15 is 0 Å². The third-order valence-corrected chi connectivity index (χ3v) is 4.71. The van der Waals surface area contributed by atoms with Gasteiger partial charge in [-0.25, -0.2) is 0 Å². The first-order valence-corrected chi connectivity index (χ1v) is 8.26. The van der Waals surface area contributed by atoms with Gasteiger partial charge in [-0.3, -0.25) is 14.4 Å². The Kier molecular flexibility index (Phi) is 4.88. The minimum Gasteiger partial charge on any atom is -0.342 e. The van der Waals surface area contributed by atoms with Crippen molar-refractivity contribution < 1.29 is 27.6 Å². The van der Waals surface area contributed by atoms with Crippen LogP contribution >= 0.6 is 0 Å². The molecular formula is C17H18F3N3O3. The van der Waals surface area contributed by atoms with Crippen LogP contribution in [0.4, 0.5) is 18.9 Å². The largest absolute Gasteiger partial charge is 0.418 e. The lowest BCUT2D eigenvalue weighted by atomic mass is 10.1. The van der Waals surface area contributed by atoms with E-state index in [0.29, 0.717) is 32.6 Å². The van der Waals surface area contributed by atoms with Crippen LogP contribution in [-0.2, 0) is 20.6 Å². The molecule has 1 heterocycles. The molecule has 0 aromatic heterocycles. The van der Waals surface area contributed by atoms with Crippen LogP contribution in [0.15, 0.2) is 24.3 Å². The molecule has 1 saturated carbocycles. The highest BCUT2D eigenvalue weighted by Crippen LogP contribution is 2.42. The van der Waals surface area contributed by atoms with Crippen molar-refractivity contribution in [3.8, 4) is 0 Å². The van der Waals surface area contributed by atoms with Crippen molar-refractivity contribution in [2.45, 2.75) is 12.6 Å². The smallest absolute Gasteiger partial charge is 0.342 e. The zero-order valence-corrected chi connectivity index (χ0v) is 13.8. The first kappa shape index (κ1) is 18.2. The fourth-order valence-electron chi connectivity index (χ4n) is 3.10. The number of hydrogen-bond donors (Lipinski definition) is 1. The van der Waals surface area contributed by atoms with E-state index in [1.807, 2.05) is 0 Å². The Morgan fingerprint density at radius 3 is 2.35 bits per heavy atom. The van der Waals surface area contributed by atoms with Crippen molar-refractivity contribution in [2.75, 3.05) is 31.5 Å². The molecule has 9 heteroatoms. The van der Waals surface area contributed by atoms with Gasteiger partial charge in [-0.2, -0.15) is 13.2 Å². The van der Waals surface area contributed by atoms with Crippen molar-refractivity contribution in [1.82, 2.24) is 9.80 Å². The van der Waals surface area contributed by atoms with Crippen LogP contribution in [0.5, 0.6) is 0 Å². The predicted molar refractivity (Wildman–Crippen MR) is 85.9 cm³/mol. The van der Waals surface area contributed by atoms with E-state index in [4.69, 9.17) is 0 Å². The standard InChI is InChI=1S/C17H18F3N3O3/c18-17(19,20)13-3-1-2-4-14(13)21-15(25)11-9-12(11)16(26)23-7-5-22(10-24)6-8-23/h1-4,10-12H,5-9H2,(H,21,25). The van der Waals surface area contributed by atoms with Crippen LogP contribution in [0, 0.1) is 11.8 Å². The molecule has 2 atom stereocenters. The van der Waals surface area contributed by atoms with Gasteiger partial charge in [-0.1, -0.05) is 12.1 Å². The van der Waals surface area contributed by atoms with Crippen molar-refractivity contribution in [2.24, 2.45) is 11.8 Å². The maximum atomic E-state index is 13.0. The quantitative estimate of drug-likeness (QED) is 0.820. The number of amides is 3. The van der Waals surface area contributed by atoms with Gasteiger partial charge >= 0.3 is 6.18 Å². The molecular weight excluding hydrogens is 351 g/mol. The number of carbonyl (C=O) groups excluding carboxylic acids is 3. The molecule has 140 valence electrons. The number of rotatable bonds is 4. The molecule has 26 heavy (non-hydrogen) atoms. The van der Waals surface area contributed by atoms with Gasteiger partial charge in [-0.05, 0) is 18.6 Å². The summed E-state index contributed by atoms with van der Waals surface area (Å²) in [4.78, 5) is 38.5. The molecule has 0 spiro atoms. The Labute approximate surface area is 147 Å². The minimum absolute atomic E-state index is 0.181. The second-order valence-corrected chi connectivity index (χ2v) is 6.45. The molecule has 2 aliphatic rings. The first-order chi connectivity index (χ1) is 12.3. The van der Waals surface area contributed by atoms with Crippen molar-refractivity contribution in [1.29, 1.82) is 0 Å². The van der Waals surface area contributed by atoms with Crippen LogP contribution < -0.4 is 5.32 Å². The van der Waals surface area contributed by atoms with Crippen molar-refractivity contribution in [3.05, 3.63) is 29.8 Å². The summed E-state index contributed by atoms with van der Waals surface area (Å²) in [5.74, 6) is -1.88. The number of anilines is 1. The summed E-state index contributed by atoms with van der Waals surface area (Å²) < 4.78 is 38.9. The van der Waals surface area contributed by atoms with E-state index in [1.54, 1.807) is 9.80 Å². The van der Waals surface area contributed by atoms with Crippen molar-refractivity contribution in [3.63, 3.8) is 0 Å². The lowest BCUT2D eigenvalue weighted by Gasteiger charge is -2.32. The average molecular weight is 369 g/mol. The number of halogens is 3. The summed E-state index contributed by atoms with van der Waals surface area (Å²) in [7, 11) is 0. The van der Waals surface area contributed by atoms with E-state index in [1.165, 1.54) is 18.2 Å². The Morgan fingerprint density at radius 1 is 1.08 bits per heavy atom. The molecule has 6 nitrogen and oxygen atoms in total. The summed E-state index contributed by atoms with van der Waals surface area (Å²) >= 11 is 0. The van der Waals surface area contributed by atoms with E-state index in [-0.39, 0.29) is 11.6 Å². The highest BCUT2D eigenvalue weighted by atomic mass is 19.4. The summed E-state index contributed by atoms with van der Waals surface area (Å²) in [6, 6.07) is 4.75. The SMILES string of the molecule is O=CN1CCN(C(=O)C2CC2C(=O)Nc2ccccc2C(F)(F)F)CC1. The number of alkyl halides is 3. The minimum atomic E-state index is -4.57. The number of carbonyl (C=O) groups is 3. The van der Waals surface area contributed by atoms with Gasteiger partial charge in [0.15, 0.2) is 0 Å². The predicted octanol–water partition coefficient (Wildman–Crippen LogP) is 1.58. The Morgan fingerprint density at radius 2 is 1.73 bits per heavy atom. The topological polar surface area (TPSA) is 69.7 Å². The zero-order valence-electron chi connectivity index (χ0n) is 13.8. The monoisotopic (exact) mass is 369 g/mol. The lowest BCUT2D eigenvalue weighted by Crippen LogP contribution is -2.48. The Hall–Kier alpha value is -2.58. The number of piperazine rings is 1. The average Bonchev–Trinajstić information content (AvgIpc) is 3.41. The number of nitrogens with one attached hydrogen (secondary N) is 1. The Bertz CT molecular complexity index is 715. The molecule has 0 bridgehead atoms. The molecule has 1 aromatic carbocycles. The summed E-state index contributed by atoms with van der Waals surface area (Å²) in [6.45, 7) is 1.69. The van der Waals surface area contributed by atoms with E-state index in [0.717, 1.165) is 12.5 Å². The maximum absolute atomic E-state index is 13.0. The number of nitrogens with zero attached hydrogens (tertiary/aromatic N) is 2. The van der Waals surface area contributed by atoms with Gasteiger partial charge in [-0.15, -0.1) is 0 Å². The molecule has 2 fully saturated rings. The maximum Gasteiger partial charge on any atom is 0.418 e. The van der Waals surface area contributed by atoms with E-state index < -0.39 is 29.5 Å². The molecule has 3 amide bonds. The van der Waals surface area contributed by atoms with Crippen LogP contribution in [0.1, 0.15) is 12.0 Å². The Balaban J connectivity index is 1.58. The van der Waals surface area contributed by atoms with Gasteiger partial charge in [0.05, 0.1) is 23.1 Å². The van der Waals surface area contributed by atoms with Crippen LogP contribution in [-0.4, -0.2) is 54.2 Å². The number of hydrogen-bond acceptors (Lipinski definition) is 3. The normalized spacial score (nSPS) is 22.7. The highest BCUT2D eigenvalue weighted by Gasteiger charge is 2.50. The molecule has 0 radical (unpaired) electrons. The molecule has 1 aliphatic heterocycles. The molecule has 2 unspecified atom stereocenters. The van der Waals surface area contributed by atoms with Gasteiger partial charge in [0, 0.05) is 26.2 Å².